The van der Waals surface area contributed by atoms with Gasteiger partial charge in [-0.1, -0.05) is 11.6 Å². The van der Waals surface area contributed by atoms with Crippen molar-refractivity contribution < 1.29 is 24.9 Å². The average molecular weight is 435 g/mol. The van der Waals surface area contributed by atoms with Crippen LogP contribution in [0.15, 0.2) is 24.5 Å². The molecule has 12 heteroatoms. The van der Waals surface area contributed by atoms with Crippen molar-refractivity contribution in [1.29, 1.82) is 0 Å². The molecule has 0 radical (unpaired) electrons. The number of carbonyl (C=O) groups is 1. The monoisotopic (exact) mass is 434 g/mol. The molecule has 1 aliphatic heterocycles. The molecule has 6 N–H and O–H groups in total. The van der Waals surface area contributed by atoms with Crippen molar-refractivity contribution in [3.05, 3.63) is 35.1 Å². The average Bonchev–Trinajstić information content (AvgIpc) is 3.23. The Morgan fingerprint density at radius 3 is 2.73 bits per heavy atom. The number of ether oxygens (including phenoxy) is 1. The maximum atomic E-state index is 11.5. The first-order chi connectivity index (χ1) is 14.3. The Morgan fingerprint density at radius 1 is 1.33 bits per heavy atom. The SMILES string of the molecule is CC(=O)c1ccc(Nc2nc(N)c3ncn([C@@H]4O[C@H](CO)C(O)C4O)c3n2)cc1Cl. The number of fused-ring (bicyclic) bond motifs is 1. The Hall–Kier alpha value is -2.83. The Labute approximate surface area is 175 Å². The summed E-state index contributed by atoms with van der Waals surface area (Å²) in [6.07, 6.45) is -3.17. The Balaban J connectivity index is 1.69. The molecule has 11 nitrogen and oxygen atoms in total. The van der Waals surface area contributed by atoms with Gasteiger partial charge >= 0.3 is 0 Å². The molecule has 0 amide bonds. The molecule has 0 bridgehead atoms. The van der Waals surface area contributed by atoms with E-state index in [9.17, 15) is 20.1 Å². The lowest BCUT2D eigenvalue weighted by molar-refractivity contribution is -0.0511. The summed E-state index contributed by atoms with van der Waals surface area (Å²) in [6, 6.07) is 4.79. The zero-order valence-corrected chi connectivity index (χ0v) is 16.5. The number of hydrogen-bond acceptors (Lipinski definition) is 10. The molecule has 2 aromatic heterocycles. The van der Waals surface area contributed by atoms with Gasteiger partial charge in [-0.25, -0.2) is 4.98 Å². The standard InChI is InChI=1S/C18H19ClN6O5/c1-7(27)9-3-2-8(4-10(9)19)22-18-23-15(20)12-16(24-18)25(6-21-12)17-14(29)13(28)11(5-26)30-17/h2-4,6,11,13-14,17,26,28-29H,5H2,1H3,(H3,20,22,23,24)/t11-,13?,14?,17-/m1/s1. The second-order valence-corrected chi connectivity index (χ2v) is 7.27. The lowest BCUT2D eigenvalue weighted by atomic mass is 10.1. The molecule has 30 heavy (non-hydrogen) atoms. The second kappa shape index (κ2) is 7.78. The van der Waals surface area contributed by atoms with Gasteiger partial charge in [-0.3, -0.25) is 9.36 Å². The van der Waals surface area contributed by atoms with E-state index in [4.69, 9.17) is 22.1 Å². The van der Waals surface area contributed by atoms with E-state index in [1.807, 2.05) is 0 Å². The number of nitrogens with two attached hydrogens (primary N) is 1. The number of nitrogen functional groups attached to an aromatic ring is 1. The summed E-state index contributed by atoms with van der Waals surface area (Å²) in [7, 11) is 0. The minimum Gasteiger partial charge on any atom is -0.394 e. The van der Waals surface area contributed by atoms with Crippen molar-refractivity contribution in [2.24, 2.45) is 0 Å². The van der Waals surface area contributed by atoms with Gasteiger partial charge < -0.3 is 31.1 Å². The fraction of sp³-hybridized carbons (Fsp3) is 0.333. The number of aliphatic hydroxyl groups excluding tert-OH is 3. The van der Waals surface area contributed by atoms with Crippen molar-refractivity contribution in [1.82, 2.24) is 19.5 Å². The first-order valence-corrected chi connectivity index (χ1v) is 9.38. The van der Waals surface area contributed by atoms with E-state index >= 15 is 0 Å². The number of rotatable bonds is 5. The third kappa shape index (κ3) is 3.46. The zero-order valence-electron chi connectivity index (χ0n) is 15.7. The molecule has 158 valence electrons. The highest BCUT2D eigenvalue weighted by Crippen LogP contribution is 2.32. The van der Waals surface area contributed by atoms with E-state index in [1.54, 1.807) is 18.2 Å². The van der Waals surface area contributed by atoms with E-state index in [1.165, 1.54) is 17.8 Å². The highest BCUT2D eigenvalue weighted by atomic mass is 35.5. The van der Waals surface area contributed by atoms with E-state index in [0.717, 1.165) is 0 Å². The van der Waals surface area contributed by atoms with Crippen LogP contribution in [0.3, 0.4) is 0 Å². The summed E-state index contributed by atoms with van der Waals surface area (Å²) in [5, 5.41) is 32.9. The Kier molecular flexibility index (Phi) is 5.30. The molecule has 2 unspecified atom stereocenters. The molecule has 0 spiro atoms. The van der Waals surface area contributed by atoms with Crippen molar-refractivity contribution in [3.8, 4) is 0 Å². The van der Waals surface area contributed by atoms with Crippen molar-refractivity contribution in [3.63, 3.8) is 0 Å². The highest BCUT2D eigenvalue weighted by molar-refractivity contribution is 6.34. The van der Waals surface area contributed by atoms with Gasteiger partial charge in [0, 0.05) is 11.3 Å². The lowest BCUT2D eigenvalue weighted by Gasteiger charge is -2.17. The van der Waals surface area contributed by atoms with Gasteiger partial charge in [0.25, 0.3) is 0 Å². The molecule has 1 fully saturated rings. The largest absolute Gasteiger partial charge is 0.394 e. The predicted octanol–water partition coefficient (Wildman–Crippen LogP) is 0.620. The molecule has 1 saturated heterocycles. The van der Waals surface area contributed by atoms with Crippen LogP contribution in [0.4, 0.5) is 17.5 Å². The summed E-state index contributed by atoms with van der Waals surface area (Å²) in [4.78, 5) is 24.2. The van der Waals surface area contributed by atoms with Gasteiger partial charge in [-0.15, -0.1) is 0 Å². The van der Waals surface area contributed by atoms with Crippen molar-refractivity contribution >= 4 is 46.0 Å². The number of anilines is 3. The predicted molar refractivity (Wildman–Crippen MR) is 107 cm³/mol. The van der Waals surface area contributed by atoms with Crippen LogP contribution in [0.25, 0.3) is 11.2 Å². The second-order valence-electron chi connectivity index (χ2n) is 6.86. The summed E-state index contributed by atoms with van der Waals surface area (Å²) in [5.41, 5.74) is 7.46. The van der Waals surface area contributed by atoms with E-state index < -0.39 is 31.1 Å². The first-order valence-electron chi connectivity index (χ1n) is 9.00. The minimum absolute atomic E-state index is 0.0828. The summed E-state index contributed by atoms with van der Waals surface area (Å²) < 4.78 is 6.95. The van der Waals surface area contributed by atoms with Crippen molar-refractivity contribution in [2.45, 2.75) is 31.5 Å². The fourth-order valence-electron chi connectivity index (χ4n) is 3.30. The molecule has 4 atom stereocenters. The lowest BCUT2D eigenvalue weighted by Crippen LogP contribution is -2.33. The number of imidazole rings is 1. The number of benzene rings is 1. The molecular weight excluding hydrogens is 416 g/mol. The fourth-order valence-corrected chi connectivity index (χ4v) is 3.61. The molecular formula is C18H19ClN6O5. The summed E-state index contributed by atoms with van der Waals surface area (Å²) >= 11 is 6.14. The van der Waals surface area contributed by atoms with Gasteiger partial charge in [0.05, 0.1) is 18.0 Å². The normalized spacial score (nSPS) is 23.8. The van der Waals surface area contributed by atoms with Crippen LogP contribution in [0.5, 0.6) is 0 Å². The van der Waals surface area contributed by atoms with Gasteiger partial charge in [0.2, 0.25) is 5.95 Å². The Bertz CT molecular complexity index is 1120. The molecule has 1 aromatic carbocycles. The van der Waals surface area contributed by atoms with Crippen LogP contribution in [0.2, 0.25) is 5.02 Å². The van der Waals surface area contributed by atoms with Crippen LogP contribution < -0.4 is 11.1 Å². The number of carbonyl (C=O) groups excluding carboxylic acids is 1. The number of hydrogen-bond donors (Lipinski definition) is 5. The molecule has 3 aromatic rings. The van der Waals surface area contributed by atoms with Crippen LogP contribution in [0.1, 0.15) is 23.5 Å². The van der Waals surface area contributed by atoms with Crippen LogP contribution in [0, 0.1) is 0 Å². The molecule has 0 aliphatic carbocycles. The van der Waals surface area contributed by atoms with Crippen LogP contribution in [-0.4, -0.2) is 65.5 Å². The third-order valence-corrected chi connectivity index (χ3v) is 5.16. The quantitative estimate of drug-likeness (QED) is 0.359. The number of nitrogens with one attached hydrogen (secondary N) is 1. The number of nitrogens with zero attached hydrogens (tertiary/aromatic N) is 4. The molecule has 4 rings (SSSR count). The maximum Gasteiger partial charge on any atom is 0.231 e. The minimum atomic E-state index is -1.30. The van der Waals surface area contributed by atoms with Crippen LogP contribution in [-0.2, 0) is 4.74 Å². The van der Waals surface area contributed by atoms with E-state index in [2.05, 4.69) is 20.3 Å². The van der Waals surface area contributed by atoms with E-state index in [-0.39, 0.29) is 33.7 Å². The van der Waals surface area contributed by atoms with Crippen molar-refractivity contribution in [2.75, 3.05) is 17.7 Å². The first kappa shape index (κ1) is 20.4. The number of aromatic nitrogens is 4. The van der Waals surface area contributed by atoms with Crippen LogP contribution >= 0.6 is 11.6 Å². The maximum absolute atomic E-state index is 11.5. The highest BCUT2D eigenvalue weighted by Gasteiger charge is 2.44. The summed E-state index contributed by atoms with van der Waals surface area (Å²) in [6.45, 7) is 0.966. The van der Waals surface area contributed by atoms with Gasteiger partial charge in [-0.2, -0.15) is 9.97 Å². The number of aliphatic hydroxyl groups is 3. The topological polar surface area (TPSA) is 169 Å². The number of Topliss-reactive ketones (excluding diaryl/α,β-unsaturated/α-hetero) is 1. The van der Waals surface area contributed by atoms with Gasteiger partial charge in [0.1, 0.15) is 23.8 Å². The Morgan fingerprint density at radius 2 is 2.10 bits per heavy atom. The molecule has 0 saturated carbocycles. The number of halogens is 1. The zero-order chi connectivity index (χ0) is 21.6. The number of ketones is 1. The molecule has 1 aliphatic rings. The summed E-state index contributed by atoms with van der Waals surface area (Å²) in [5.74, 6) is 0.0513. The van der Waals surface area contributed by atoms with E-state index in [0.29, 0.717) is 11.3 Å². The third-order valence-electron chi connectivity index (χ3n) is 4.84. The molecule has 3 heterocycles. The van der Waals surface area contributed by atoms with Gasteiger partial charge in [0.15, 0.2) is 23.5 Å². The smallest absolute Gasteiger partial charge is 0.231 e. The van der Waals surface area contributed by atoms with Gasteiger partial charge in [-0.05, 0) is 25.1 Å².